The average molecular weight is 173 g/mol. The van der Waals surface area contributed by atoms with Crippen LogP contribution in [-0.2, 0) is 0 Å². The number of nitrogens with zero attached hydrogens (tertiary/aromatic N) is 1. The summed E-state index contributed by atoms with van der Waals surface area (Å²) in [5.74, 6) is 0.877. The maximum atomic E-state index is 9.54. The first-order chi connectivity index (χ1) is 5.61. The van der Waals surface area contributed by atoms with Crippen LogP contribution in [0.3, 0.4) is 0 Å². The maximum absolute atomic E-state index is 9.54. The topological polar surface area (TPSA) is 23.5 Å². The second-order valence-corrected chi connectivity index (χ2v) is 3.67. The molecular weight excluding hydrogens is 150 g/mol. The molecule has 0 aromatic rings. The van der Waals surface area contributed by atoms with Gasteiger partial charge in [-0.3, -0.25) is 0 Å². The minimum Gasteiger partial charge on any atom is -0.392 e. The first-order valence-corrected chi connectivity index (χ1v) is 4.98. The van der Waals surface area contributed by atoms with Crippen molar-refractivity contribution in [3.8, 4) is 0 Å². The average Bonchev–Trinajstić information content (AvgIpc) is 2.04. The molecule has 1 aliphatic heterocycles. The molecule has 0 radical (unpaired) electrons. The molecule has 1 fully saturated rings. The molecule has 0 spiro atoms. The zero-order chi connectivity index (χ0) is 9.72. The van der Waals surface area contributed by atoms with Gasteiger partial charge in [0.2, 0.25) is 0 Å². The van der Waals surface area contributed by atoms with Gasteiger partial charge >= 0.3 is 0 Å². The third kappa shape index (κ3) is 3.11. The van der Waals surface area contributed by atoms with Gasteiger partial charge in [-0.05, 0) is 18.9 Å². The van der Waals surface area contributed by atoms with E-state index in [2.05, 4.69) is 25.8 Å². The van der Waals surface area contributed by atoms with Gasteiger partial charge in [0.05, 0.1) is 6.10 Å². The number of rotatable bonds is 0. The lowest BCUT2D eigenvalue weighted by atomic mass is 9.89. The molecular formula is C10H23NO. The Morgan fingerprint density at radius 2 is 1.42 bits per heavy atom. The van der Waals surface area contributed by atoms with Crippen LogP contribution in [0.2, 0.25) is 0 Å². The van der Waals surface area contributed by atoms with Gasteiger partial charge in [0.1, 0.15) is 0 Å². The van der Waals surface area contributed by atoms with Crippen molar-refractivity contribution >= 4 is 0 Å². The van der Waals surface area contributed by atoms with Crippen molar-refractivity contribution in [2.75, 3.05) is 20.1 Å². The number of hydrogen-bond acceptors (Lipinski definition) is 2. The highest BCUT2D eigenvalue weighted by atomic mass is 16.3. The van der Waals surface area contributed by atoms with Crippen LogP contribution in [0.1, 0.15) is 27.7 Å². The molecule has 2 unspecified atom stereocenters. The molecule has 1 aliphatic rings. The molecule has 2 atom stereocenters. The van der Waals surface area contributed by atoms with E-state index in [1.54, 1.807) is 0 Å². The van der Waals surface area contributed by atoms with E-state index in [-0.39, 0.29) is 6.10 Å². The lowest BCUT2D eigenvalue weighted by Crippen LogP contribution is -2.45. The van der Waals surface area contributed by atoms with Gasteiger partial charge in [0.25, 0.3) is 0 Å². The summed E-state index contributed by atoms with van der Waals surface area (Å²) in [4.78, 5) is 2.28. The summed E-state index contributed by atoms with van der Waals surface area (Å²) in [6, 6.07) is 0. The summed E-state index contributed by atoms with van der Waals surface area (Å²) in [5, 5.41) is 9.54. The largest absolute Gasteiger partial charge is 0.392 e. The van der Waals surface area contributed by atoms with E-state index in [0.717, 1.165) is 13.1 Å². The van der Waals surface area contributed by atoms with Crippen molar-refractivity contribution in [3.63, 3.8) is 0 Å². The zero-order valence-electron chi connectivity index (χ0n) is 9.04. The highest BCUT2D eigenvalue weighted by molar-refractivity contribution is 4.80. The molecule has 0 aromatic carbocycles. The van der Waals surface area contributed by atoms with Crippen LogP contribution in [-0.4, -0.2) is 36.2 Å². The predicted molar refractivity (Wildman–Crippen MR) is 53.2 cm³/mol. The highest BCUT2D eigenvalue weighted by Gasteiger charge is 2.27. The van der Waals surface area contributed by atoms with Crippen LogP contribution in [0, 0.1) is 11.8 Å². The molecule has 1 rings (SSSR count). The van der Waals surface area contributed by atoms with E-state index in [0.29, 0.717) is 11.8 Å². The Hall–Kier alpha value is -0.0800. The fourth-order valence-electron chi connectivity index (χ4n) is 1.83. The van der Waals surface area contributed by atoms with Gasteiger partial charge in [0.15, 0.2) is 0 Å². The first kappa shape index (κ1) is 11.9. The van der Waals surface area contributed by atoms with E-state index in [1.807, 2.05) is 13.8 Å². The molecule has 0 bridgehead atoms. The molecule has 0 aromatic heterocycles. The third-order valence-electron chi connectivity index (χ3n) is 2.37. The number of hydrogen-bond donors (Lipinski definition) is 1. The van der Waals surface area contributed by atoms with Crippen molar-refractivity contribution < 1.29 is 5.11 Å². The normalized spacial score (nSPS) is 37.0. The molecule has 0 amide bonds. The number of piperidine rings is 1. The Balaban J connectivity index is 0.000000561. The molecule has 1 heterocycles. The second kappa shape index (κ2) is 5.55. The minimum absolute atomic E-state index is 0.0869. The van der Waals surface area contributed by atoms with Gasteiger partial charge in [0, 0.05) is 13.1 Å². The van der Waals surface area contributed by atoms with Gasteiger partial charge in [-0.2, -0.15) is 0 Å². The standard InChI is InChI=1S/C8H17NO.C2H6/c1-6-4-9(3)5-7(2)8(6)10;1-2/h6-8,10H,4-5H2,1-3H3;1-2H3. The van der Waals surface area contributed by atoms with Crippen LogP contribution in [0.25, 0.3) is 0 Å². The van der Waals surface area contributed by atoms with Crippen molar-refractivity contribution in [1.82, 2.24) is 4.90 Å². The summed E-state index contributed by atoms with van der Waals surface area (Å²) in [6.07, 6.45) is -0.0869. The summed E-state index contributed by atoms with van der Waals surface area (Å²) < 4.78 is 0. The second-order valence-electron chi connectivity index (χ2n) is 3.67. The van der Waals surface area contributed by atoms with Crippen LogP contribution in [0.4, 0.5) is 0 Å². The number of likely N-dealkylation sites (tertiary alicyclic amines) is 1. The lowest BCUT2D eigenvalue weighted by Gasteiger charge is -2.36. The van der Waals surface area contributed by atoms with Gasteiger partial charge in [-0.15, -0.1) is 0 Å². The molecule has 2 heteroatoms. The first-order valence-electron chi connectivity index (χ1n) is 4.98. The molecule has 1 saturated heterocycles. The summed E-state index contributed by atoms with van der Waals surface area (Å²) in [5.41, 5.74) is 0. The molecule has 2 nitrogen and oxygen atoms in total. The molecule has 74 valence electrons. The summed E-state index contributed by atoms with van der Waals surface area (Å²) >= 11 is 0. The maximum Gasteiger partial charge on any atom is 0.0615 e. The van der Waals surface area contributed by atoms with Gasteiger partial charge < -0.3 is 10.0 Å². The van der Waals surface area contributed by atoms with E-state index in [1.165, 1.54) is 0 Å². The fraction of sp³-hybridized carbons (Fsp3) is 1.00. The van der Waals surface area contributed by atoms with Crippen molar-refractivity contribution in [3.05, 3.63) is 0 Å². The highest BCUT2D eigenvalue weighted by Crippen LogP contribution is 2.20. The molecule has 1 N–H and O–H groups in total. The van der Waals surface area contributed by atoms with Crippen molar-refractivity contribution in [1.29, 1.82) is 0 Å². The molecule has 0 aliphatic carbocycles. The summed E-state index contributed by atoms with van der Waals surface area (Å²) in [7, 11) is 2.11. The lowest BCUT2D eigenvalue weighted by molar-refractivity contribution is 0.000996. The van der Waals surface area contributed by atoms with Crippen molar-refractivity contribution in [2.45, 2.75) is 33.8 Å². The van der Waals surface area contributed by atoms with Crippen LogP contribution >= 0.6 is 0 Å². The van der Waals surface area contributed by atoms with E-state index >= 15 is 0 Å². The monoisotopic (exact) mass is 173 g/mol. The smallest absolute Gasteiger partial charge is 0.0615 e. The van der Waals surface area contributed by atoms with Crippen LogP contribution < -0.4 is 0 Å². The van der Waals surface area contributed by atoms with E-state index in [4.69, 9.17) is 0 Å². The van der Waals surface area contributed by atoms with Gasteiger partial charge in [-0.25, -0.2) is 0 Å². The minimum atomic E-state index is -0.0869. The molecule has 0 saturated carbocycles. The van der Waals surface area contributed by atoms with E-state index in [9.17, 15) is 5.11 Å². The quantitative estimate of drug-likeness (QED) is 0.601. The Morgan fingerprint density at radius 3 is 1.75 bits per heavy atom. The molecule has 12 heavy (non-hydrogen) atoms. The predicted octanol–water partition coefficient (Wildman–Crippen LogP) is 1.59. The fourth-order valence-corrected chi connectivity index (χ4v) is 1.83. The van der Waals surface area contributed by atoms with Crippen molar-refractivity contribution in [2.24, 2.45) is 11.8 Å². The third-order valence-corrected chi connectivity index (χ3v) is 2.37. The Morgan fingerprint density at radius 1 is 1.08 bits per heavy atom. The Bertz CT molecular complexity index is 104. The Labute approximate surface area is 76.6 Å². The van der Waals surface area contributed by atoms with E-state index < -0.39 is 0 Å². The summed E-state index contributed by atoms with van der Waals surface area (Å²) in [6.45, 7) is 10.3. The van der Waals surface area contributed by atoms with Crippen LogP contribution in [0.15, 0.2) is 0 Å². The van der Waals surface area contributed by atoms with Gasteiger partial charge in [-0.1, -0.05) is 27.7 Å². The Kier molecular flexibility index (Phi) is 5.51. The number of aliphatic hydroxyl groups excluding tert-OH is 1. The zero-order valence-corrected chi connectivity index (χ0v) is 9.04. The van der Waals surface area contributed by atoms with Crippen LogP contribution in [0.5, 0.6) is 0 Å². The number of aliphatic hydroxyl groups is 1. The SMILES string of the molecule is CC.CC1CN(C)CC(C)C1O.